The lowest BCUT2D eigenvalue weighted by Gasteiger charge is -2.41. The van der Waals surface area contributed by atoms with Gasteiger partial charge in [0, 0.05) is 75.7 Å². The molecule has 3 fully saturated rings. The van der Waals surface area contributed by atoms with E-state index in [2.05, 4.69) is 33.9 Å². The number of nitrogens with one attached hydrogen (secondary N) is 1. The lowest BCUT2D eigenvalue weighted by Crippen LogP contribution is -2.56. The second kappa shape index (κ2) is 10.0. The molecule has 0 bridgehead atoms. The van der Waals surface area contributed by atoms with E-state index in [0.717, 1.165) is 57.4 Å². The number of anilines is 4. The number of carbonyl (C=O) groups excluding carboxylic acids is 2. The SMILES string of the molecule is CC(C)N1CCN(c2ccc(Nc3ncc4c(n3)N(C3CCCC3)C(=O)C3(CCN(C)C3=O)C4)cc2F)CC1. The maximum absolute atomic E-state index is 15.2. The number of hydrogen-bond acceptors (Lipinski definition) is 7. The van der Waals surface area contributed by atoms with Crippen molar-refractivity contribution in [1.29, 1.82) is 0 Å². The number of piperazine rings is 1. The van der Waals surface area contributed by atoms with Crippen molar-refractivity contribution in [3.8, 4) is 0 Å². The number of halogens is 1. The van der Waals surface area contributed by atoms with E-state index < -0.39 is 5.41 Å². The van der Waals surface area contributed by atoms with E-state index >= 15 is 4.39 Å². The van der Waals surface area contributed by atoms with Crippen molar-refractivity contribution in [3.63, 3.8) is 0 Å². The van der Waals surface area contributed by atoms with Crippen molar-refractivity contribution in [2.75, 3.05) is 54.9 Å². The summed E-state index contributed by atoms with van der Waals surface area (Å²) < 4.78 is 15.2. The first-order chi connectivity index (χ1) is 18.8. The predicted molar refractivity (Wildman–Crippen MR) is 149 cm³/mol. The van der Waals surface area contributed by atoms with Crippen molar-refractivity contribution in [1.82, 2.24) is 19.8 Å². The molecule has 1 aromatic carbocycles. The van der Waals surface area contributed by atoms with Crippen LogP contribution in [0.5, 0.6) is 0 Å². The van der Waals surface area contributed by atoms with E-state index in [1.165, 1.54) is 6.07 Å². The molecule has 2 amide bonds. The van der Waals surface area contributed by atoms with E-state index in [-0.39, 0.29) is 23.7 Å². The number of benzene rings is 1. The van der Waals surface area contributed by atoms with Crippen molar-refractivity contribution < 1.29 is 14.0 Å². The summed E-state index contributed by atoms with van der Waals surface area (Å²) in [5.41, 5.74) is 0.917. The van der Waals surface area contributed by atoms with Crippen LogP contribution in [0.2, 0.25) is 0 Å². The molecule has 1 aromatic heterocycles. The minimum atomic E-state index is -1.05. The van der Waals surface area contributed by atoms with Crippen LogP contribution in [0.15, 0.2) is 24.4 Å². The number of carbonyl (C=O) groups is 2. The Labute approximate surface area is 229 Å². The molecule has 1 unspecified atom stereocenters. The third-order valence-electron chi connectivity index (χ3n) is 9.10. The van der Waals surface area contributed by atoms with Gasteiger partial charge in [-0.1, -0.05) is 12.8 Å². The summed E-state index contributed by atoms with van der Waals surface area (Å²) in [6, 6.07) is 5.65. The van der Waals surface area contributed by atoms with Crippen LogP contribution in [0.3, 0.4) is 0 Å². The number of amides is 2. The maximum atomic E-state index is 15.2. The molecular weight excluding hydrogens is 497 g/mol. The van der Waals surface area contributed by atoms with Crippen molar-refractivity contribution in [3.05, 3.63) is 35.8 Å². The Morgan fingerprint density at radius 2 is 1.79 bits per heavy atom. The summed E-state index contributed by atoms with van der Waals surface area (Å²) in [5, 5.41) is 3.15. The Morgan fingerprint density at radius 1 is 1.05 bits per heavy atom. The van der Waals surface area contributed by atoms with Gasteiger partial charge in [-0.2, -0.15) is 4.98 Å². The lowest BCUT2D eigenvalue weighted by atomic mass is 9.76. The number of fused-ring (bicyclic) bond motifs is 1. The minimum Gasteiger partial charge on any atom is -0.367 e. The van der Waals surface area contributed by atoms with Crippen molar-refractivity contribution >= 4 is 35.0 Å². The molecule has 39 heavy (non-hydrogen) atoms. The molecule has 1 saturated carbocycles. The Kier molecular flexibility index (Phi) is 6.69. The highest BCUT2D eigenvalue weighted by Crippen LogP contribution is 2.46. The second-order valence-corrected chi connectivity index (χ2v) is 11.8. The molecule has 4 aliphatic rings. The zero-order valence-corrected chi connectivity index (χ0v) is 23.1. The maximum Gasteiger partial charge on any atom is 0.244 e. The van der Waals surface area contributed by atoms with Crippen LogP contribution in [0.1, 0.15) is 51.5 Å². The van der Waals surface area contributed by atoms with E-state index in [0.29, 0.717) is 48.6 Å². The van der Waals surface area contributed by atoms with Crippen LogP contribution in [-0.4, -0.2) is 83.4 Å². The molecule has 1 atom stereocenters. The fourth-order valence-corrected chi connectivity index (χ4v) is 6.76. The predicted octanol–water partition coefficient (Wildman–Crippen LogP) is 3.57. The number of rotatable bonds is 5. The fourth-order valence-electron chi connectivity index (χ4n) is 6.76. The van der Waals surface area contributed by atoms with Crippen LogP contribution in [-0.2, 0) is 16.0 Å². The first kappa shape index (κ1) is 26.0. The highest BCUT2D eigenvalue weighted by atomic mass is 19.1. The molecule has 10 heteroatoms. The second-order valence-electron chi connectivity index (χ2n) is 11.8. The van der Waals surface area contributed by atoms with E-state index in [1.807, 2.05) is 6.07 Å². The van der Waals surface area contributed by atoms with Gasteiger partial charge in [0.1, 0.15) is 17.1 Å². The summed E-state index contributed by atoms with van der Waals surface area (Å²) in [6.07, 6.45) is 6.47. The topological polar surface area (TPSA) is 84.9 Å². The standard InChI is InChI=1S/C29H38FN7O2/c1-19(2)35-12-14-36(15-13-35)24-9-8-21(16-23(24)30)32-28-31-18-20-17-29(10-11-34(3)26(29)38)27(39)37(25(20)33-28)22-6-4-5-7-22/h8-9,16,18-19,22H,4-7,10-15,17H2,1-3H3,(H,31,32,33). The molecule has 0 radical (unpaired) electrons. The normalized spacial score (nSPS) is 24.4. The average molecular weight is 536 g/mol. The number of hydrogen-bond donors (Lipinski definition) is 1. The summed E-state index contributed by atoms with van der Waals surface area (Å²) in [6.45, 7) is 8.37. The van der Waals surface area contributed by atoms with E-state index in [9.17, 15) is 9.59 Å². The minimum absolute atomic E-state index is 0.0303. The quantitative estimate of drug-likeness (QED) is 0.586. The number of nitrogens with zero attached hydrogens (tertiary/aromatic N) is 6. The molecule has 4 heterocycles. The summed E-state index contributed by atoms with van der Waals surface area (Å²) in [5.74, 6) is 0.369. The monoisotopic (exact) mass is 535 g/mol. The summed E-state index contributed by atoms with van der Waals surface area (Å²) in [4.78, 5) is 44.4. The highest BCUT2D eigenvalue weighted by molar-refractivity contribution is 6.14. The zero-order chi connectivity index (χ0) is 27.3. The molecule has 2 aromatic rings. The average Bonchev–Trinajstić information content (AvgIpc) is 3.55. The van der Waals surface area contributed by atoms with Gasteiger partial charge >= 0.3 is 0 Å². The van der Waals surface area contributed by atoms with Gasteiger partial charge in [-0.15, -0.1) is 0 Å². The molecule has 1 N–H and O–H groups in total. The molecule has 1 spiro atoms. The lowest BCUT2D eigenvalue weighted by molar-refractivity contribution is -0.144. The molecule has 6 rings (SSSR count). The molecular formula is C29H38FN7O2. The van der Waals surface area contributed by atoms with Crippen molar-refractivity contribution in [2.45, 2.75) is 64.5 Å². The third-order valence-corrected chi connectivity index (χ3v) is 9.10. The smallest absolute Gasteiger partial charge is 0.244 e. The Balaban J connectivity index is 1.25. The van der Waals surface area contributed by atoms with E-state index in [4.69, 9.17) is 4.98 Å². The van der Waals surface area contributed by atoms with Gasteiger partial charge in [0.05, 0.1) is 5.69 Å². The summed E-state index contributed by atoms with van der Waals surface area (Å²) in [7, 11) is 1.76. The largest absolute Gasteiger partial charge is 0.367 e. The van der Waals surface area contributed by atoms with Gasteiger partial charge in [0.15, 0.2) is 0 Å². The Hall–Kier alpha value is -3.27. The van der Waals surface area contributed by atoms with Crippen LogP contribution < -0.4 is 15.1 Å². The highest BCUT2D eigenvalue weighted by Gasteiger charge is 2.57. The molecule has 2 saturated heterocycles. The van der Waals surface area contributed by atoms with Gasteiger partial charge in [-0.3, -0.25) is 19.4 Å². The van der Waals surface area contributed by atoms with Gasteiger partial charge in [0.2, 0.25) is 17.8 Å². The number of likely N-dealkylation sites (tertiary alicyclic amines) is 1. The molecule has 9 nitrogen and oxygen atoms in total. The zero-order valence-electron chi connectivity index (χ0n) is 23.1. The molecule has 3 aliphatic heterocycles. The van der Waals surface area contributed by atoms with Gasteiger partial charge in [0.25, 0.3) is 0 Å². The van der Waals surface area contributed by atoms with Crippen LogP contribution in [0.4, 0.5) is 27.5 Å². The van der Waals surface area contributed by atoms with Crippen LogP contribution in [0, 0.1) is 11.2 Å². The first-order valence-electron chi connectivity index (χ1n) is 14.3. The Bertz CT molecular complexity index is 1270. The molecule has 208 valence electrons. The van der Waals surface area contributed by atoms with Crippen LogP contribution in [0.25, 0.3) is 0 Å². The third kappa shape index (κ3) is 4.52. The first-order valence-corrected chi connectivity index (χ1v) is 14.3. The fraction of sp³-hybridized carbons (Fsp3) is 0.586. The Morgan fingerprint density at radius 3 is 2.44 bits per heavy atom. The molecule has 1 aliphatic carbocycles. The van der Waals surface area contributed by atoms with Gasteiger partial charge in [-0.05, 0) is 51.3 Å². The number of aromatic nitrogens is 2. The van der Waals surface area contributed by atoms with Gasteiger partial charge in [-0.25, -0.2) is 9.37 Å². The summed E-state index contributed by atoms with van der Waals surface area (Å²) >= 11 is 0. The van der Waals surface area contributed by atoms with E-state index in [1.54, 1.807) is 29.1 Å². The van der Waals surface area contributed by atoms with Crippen LogP contribution >= 0.6 is 0 Å². The van der Waals surface area contributed by atoms with Crippen molar-refractivity contribution in [2.24, 2.45) is 5.41 Å². The van der Waals surface area contributed by atoms with Gasteiger partial charge < -0.3 is 15.1 Å².